The van der Waals surface area contributed by atoms with Crippen LogP contribution in [0.25, 0.3) is 0 Å². The van der Waals surface area contributed by atoms with Gasteiger partial charge in [-0.3, -0.25) is 4.79 Å². The normalized spacial score (nSPS) is 23.1. The van der Waals surface area contributed by atoms with E-state index in [4.69, 9.17) is 11.6 Å². The lowest BCUT2D eigenvalue weighted by Gasteiger charge is -2.20. The second-order valence-electron chi connectivity index (χ2n) is 5.08. The highest BCUT2D eigenvalue weighted by Crippen LogP contribution is 2.26. The molecule has 1 aromatic carbocycles. The summed E-state index contributed by atoms with van der Waals surface area (Å²) in [5.74, 6) is -0.430. The summed E-state index contributed by atoms with van der Waals surface area (Å²) < 4.78 is 31.0. The van der Waals surface area contributed by atoms with E-state index in [0.29, 0.717) is 11.4 Å². The molecule has 2 saturated heterocycles. The molecule has 7 nitrogen and oxygen atoms in total. The van der Waals surface area contributed by atoms with Gasteiger partial charge in [-0.2, -0.15) is 4.31 Å². The average Bonchev–Trinajstić information content (AvgIpc) is 3.07. The SMILES string of the molecule is O=C1COC(=O)N1C1CCN(S(=O)(=O)c2ccc(Cl)cc2)C1. The summed E-state index contributed by atoms with van der Waals surface area (Å²) in [4.78, 5) is 24.3. The Labute approximate surface area is 132 Å². The fraction of sp³-hybridized carbons (Fsp3) is 0.385. The first-order valence-corrected chi connectivity index (χ1v) is 8.46. The molecule has 0 aromatic heterocycles. The van der Waals surface area contributed by atoms with Gasteiger partial charge in [0.25, 0.3) is 5.91 Å². The second-order valence-corrected chi connectivity index (χ2v) is 7.45. The van der Waals surface area contributed by atoms with Gasteiger partial charge in [0.05, 0.1) is 10.9 Å². The van der Waals surface area contributed by atoms with Crippen LogP contribution in [0, 0.1) is 0 Å². The summed E-state index contributed by atoms with van der Waals surface area (Å²) in [7, 11) is -3.67. The van der Waals surface area contributed by atoms with E-state index in [-0.39, 0.29) is 24.6 Å². The highest BCUT2D eigenvalue weighted by molar-refractivity contribution is 7.89. The smallest absolute Gasteiger partial charge is 0.417 e. The fourth-order valence-electron chi connectivity index (χ4n) is 2.61. The molecular formula is C13H13ClN2O5S. The van der Waals surface area contributed by atoms with E-state index in [2.05, 4.69) is 4.74 Å². The number of carbonyl (C=O) groups is 2. The van der Waals surface area contributed by atoms with Crippen molar-refractivity contribution in [2.45, 2.75) is 17.4 Å². The minimum Gasteiger partial charge on any atom is -0.439 e. The molecule has 2 heterocycles. The largest absolute Gasteiger partial charge is 0.439 e. The number of ether oxygens (including phenoxy) is 1. The molecule has 1 unspecified atom stereocenters. The third-order valence-electron chi connectivity index (χ3n) is 3.73. The number of halogens is 1. The lowest BCUT2D eigenvalue weighted by molar-refractivity contribution is -0.127. The highest BCUT2D eigenvalue weighted by Gasteiger charge is 2.43. The second kappa shape index (κ2) is 5.53. The monoisotopic (exact) mass is 344 g/mol. The van der Waals surface area contributed by atoms with Crippen molar-refractivity contribution in [1.29, 1.82) is 0 Å². The Bertz CT molecular complexity index is 702. The Balaban J connectivity index is 1.78. The van der Waals surface area contributed by atoms with Gasteiger partial charge in [-0.25, -0.2) is 18.1 Å². The average molecular weight is 345 g/mol. The molecule has 3 rings (SSSR count). The van der Waals surface area contributed by atoms with Crippen LogP contribution in [0.3, 0.4) is 0 Å². The Hall–Kier alpha value is -1.64. The van der Waals surface area contributed by atoms with E-state index in [0.717, 1.165) is 4.90 Å². The van der Waals surface area contributed by atoms with Gasteiger partial charge in [0.1, 0.15) is 0 Å². The maximum atomic E-state index is 12.5. The van der Waals surface area contributed by atoms with Crippen LogP contribution < -0.4 is 0 Å². The number of hydrogen-bond donors (Lipinski definition) is 0. The van der Waals surface area contributed by atoms with E-state index in [1.165, 1.54) is 28.6 Å². The van der Waals surface area contributed by atoms with E-state index in [1.54, 1.807) is 0 Å². The standard InChI is InChI=1S/C13H13ClN2O5S/c14-9-1-3-11(4-2-9)22(19,20)15-6-5-10(7-15)16-12(17)8-21-13(16)18/h1-4,10H,5-8H2. The van der Waals surface area contributed by atoms with Gasteiger partial charge < -0.3 is 4.74 Å². The zero-order chi connectivity index (χ0) is 15.9. The topological polar surface area (TPSA) is 84.0 Å². The first-order valence-electron chi connectivity index (χ1n) is 6.64. The molecule has 118 valence electrons. The van der Waals surface area contributed by atoms with Crippen molar-refractivity contribution in [3.63, 3.8) is 0 Å². The molecule has 2 fully saturated rings. The number of imide groups is 1. The van der Waals surface area contributed by atoms with Gasteiger partial charge in [0, 0.05) is 18.1 Å². The van der Waals surface area contributed by atoms with Crippen molar-refractivity contribution in [2.75, 3.05) is 19.7 Å². The van der Waals surface area contributed by atoms with Crippen molar-refractivity contribution in [3.8, 4) is 0 Å². The van der Waals surface area contributed by atoms with Crippen LogP contribution in [0.5, 0.6) is 0 Å². The van der Waals surface area contributed by atoms with Gasteiger partial charge in [-0.1, -0.05) is 11.6 Å². The van der Waals surface area contributed by atoms with Gasteiger partial charge in [0.2, 0.25) is 10.0 Å². The summed E-state index contributed by atoms with van der Waals surface area (Å²) in [6.07, 6.45) is -0.311. The van der Waals surface area contributed by atoms with Crippen LogP contribution in [0.2, 0.25) is 5.02 Å². The molecular weight excluding hydrogens is 332 g/mol. The summed E-state index contributed by atoms with van der Waals surface area (Å²) in [5.41, 5.74) is 0. The molecule has 0 radical (unpaired) electrons. The Morgan fingerprint density at radius 2 is 1.86 bits per heavy atom. The third-order valence-corrected chi connectivity index (χ3v) is 5.86. The number of cyclic esters (lactones) is 1. The third kappa shape index (κ3) is 2.57. The Kier molecular flexibility index (Phi) is 3.84. The molecule has 2 aliphatic heterocycles. The molecule has 0 N–H and O–H groups in total. The van der Waals surface area contributed by atoms with Crippen LogP contribution in [-0.2, 0) is 19.6 Å². The van der Waals surface area contributed by atoms with Gasteiger partial charge in [-0.05, 0) is 30.7 Å². The number of sulfonamides is 1. The molecule has 2 aliphatic rings. The molecule has 9 heteroatoms. The lowest BCUT2D eigenvalue weighted by Crippen LogP contribution is -2.42. The minimum atomic E-state index is -3.67. The first kappa shape index (κ1) is 15.3. The molecule has 22 heavy (non-hydrogen) atoms. The summed E-state index contributed by atoms with van der Waals surface area (Å²) >= 11 is 5.76. The predicted octanol–water partition coefficient (Wildman–Crippen LogP) is 1.08. The van der Waals surface area contributed by atoms with Crippen molar-refractivity contribution in [2.24, 2.45) is 0 Å². The first-order chi connectivity index (χ1) is 10.4. The van der Waals surface area contributed by atoms with Gasteiger partial charge >= 0.3 is 6.09 Å². The number of amides is 2. The van der Waals surface area contributed by atoms with E-state index >= 15 is 0 Å². The number of hydrogen-bond acceptors (Lipinski definition) is 5. The zero-order valence-corrected chi connectivity index (χ0v) is 13.0. The molecule has 0 spiro atoms. The van der Waals surface area contributed by atoms with E-state index in [1.807, 2.05) is 0 Å². The molecule has 1 aromatic rings. The molecule has 0 bridgehead atoms. The summed E-state index contributed by atoms with van der Waals surface area (Å²) in [6.45, 7) is 0.0394. The maximum Gasteiger partial charge on any atom is 0.417 e. The Morgan fingerprint density at radius 1 is 1.18 bits per heavy atom. The number of benzene rings is 1. The van der Waals surface area contributed by atoms with Crippen LogP contribution in [0.4, 0.5) is 4.79 Å². The summed E-state index contributed by atoms with van der Waals surface area (Å²) in [5, 5.41) is 0.448. The van der Waals surface area contributed by atoms with Crippen LogP contribution >= 0.6 is 11.6 Å². The van der Waals surface area contributed by atoms with Crippen molar-refractivity contribution < 1.29 is 22.7 Å². The van der Waals surface area contributed by atoms with Gasteiger partial charge in [0.15, 0.2) is 6.61 Å². The maximum absolute atomic E-state index is 12.5. The zero-order valence-electron chi connectivity index (χ0n) is 11.4. The number of carbonyl (C=O) groups excluding carboxylic acids is 2. The fourth-order valence-corrected chi connectivity index (χ4v) is 4.23. The molecule has 0 aliphatic carbocycles. The minimum absolute atomic E-state index is 0.0752. The van der Waals surface area contributed by atoms with E-state index in [9.17, 15) is 18.0 Å². The van der Waals surface area contributed by atoms with Gasteiger partial charge in [-0.15, -0.1) is 0 Å². The van der Waals surface area contributed by atoms with Crippen molar-refractivity contribution >= 4 is 33.6 Å². The van der Waals surface area contributed by atoms with Crippen LogP contribution in [0.1, 0.15) is 6.42 Å². The molecule has 0 saturated carbocycles. The van der Waals surface area contributed by atoms with E-state index < -0.39 is 28.1 Å². The van der Waals surface area contributed by atoms with Crippen LogP contribution in [-0.4, -0.2) is 55.4 Å². The van der Waals surface area contributed by atoms with Crippen molar-refractivity contribution in [3.05, 3.63) is 29.3 Å². The predicted molar refractivity (Wildman–Crippen MR) is 76.8 cm³/mol. The number of nitrogens with zero attached hydrogens (tertiary/aromatic N) is 2. The Morgan fingerprint density at radius 3 is 2.45 bits per heavy atom. The molecule has 2 amide bonds. The lowest BCUT2D eigenvalue weighted by atomic mass is 10.2. The highest BCUT2D eigenvalue weighted by atomic mass is 35.5. The van der Waals surface area contributed by atoms with Crippen molar-refractivity contribution in [1.82, 2.24) is 9.21 Å². The number of rotatable bonds is 3. The summed E-state index contributed by atoms with van der Waals surface area (Å²) in [6, 6.07) is 5.39. The molecule has 1 atom stereocenters. The quantitative estimate of drug-likeness (QED) is 0.819. The van der Waals surface area contributed by atoms with Crippen LogP contribution in [0.15, 0.2) is 29.2 Å².